The maximum Gasteiger partial charge on any atom is 0.335 e. The van der Waals surface area contributed by atoms with E-state index in [1.165, 1.54) is 12.1 Å². The Morgan fingerprint density at radius 2 is 1.90 bits per heavy atom. The minimum Gasteiger partial charge on any atom is -0.478 e. The van der Waals surface area contributed by atoms with Crippen molar-refractivity contribution in [3.05, 3.63) is 23.8 Å². The zero-order chi connectivity index (χ0) is 15.6. The summed E-state index contributed by atoms with van der Waals surface area (Å²) in [5.41, 5.74) is 5.53. The smallest absolute Gasteiger partial charge is 0.335 e. The summed E-state index contributed by atoms with van der Waals surface area (Å²) < 4.78 is 24.6. The van der Waals surface area contributed by atoms with Crippen molar-refractivity contribution < 1.29 is 18.3 Å². The Bertz CT molecular complexity index is 639. The molecule has 0 bridgehead atoms. The molecule has 1 aliphatic rings. The van der Waals surface area contributed by atoms with Crippen molar-refractivity contribution in [1.29, 1.82) is 0 Å². The summed E-state index contributed by atoms with van der Waals surface area (Å²) in [7, 11) is -1.84. The fourth-order valence-electron chi connectivity index (χ4n) is 2.04. The number of piperazine rings is 1. The quantitative estimate of drug-likeness (QED) is 0.636. The van der Waals surface area contributed by atoms with Crippen LogP contribution in [0.1, 0.15) is 10.4 Å². The van der Waals surface area contributed by atoms with E-state index >= 15 is 0 Å². The van der Waals surface area contributed by atoms with Gasteiger partial charge in [-0.3, -0.25) is 0 Å². The number of sulfonamides is 1. The van der Waals surface area contributed by atoms with Crippen molar-refractivity contribution in [3.8, 4) is 0 Å². The van der Waals surface area contributed by atoms with Crippen molar-refractivity contribution in [3.63, 3.8) is 0 Å². The number of carboxylic acids is 1. The molecule has 1 heterocycles. The first-order valence-electron chi connectivity index (χ1n) is 6.38. The number of hydrogen-bond donors (Lipinski definition) is 3. The van der Waals surface area contributed by atoms with Crippen LogP contribution in [0.4, 0.5) is 5.69 Å². The number of likely N-dealkylation sites (N-methyl/N-ethyl adjacent to an activating group) is 1. The number of nitrogens with two attached hydrogens (primary N) is 1. The molecule has 0 spiro atoms. The Kier molecular flexibility index (Phi) is 4.47. The van der Waals surface area contributed by atoms with Gasteiger partial charge >= 0.3 is 5.97 Å². The minimum atomic E-state index is -3.81. The van der Waals surface area contributed by atoms with Gasteiger partial charge in [0.05, 0.1) is 11.3 Å². The Labute approximate surface area is 123 Å². The van der Waals surface area contributed by atoms with Crippen LogP contribution in [0.25, 0.3) is 0 Å². The van der Waals surface area contributed by atoms with Gasteiger partial charge in [-0.15, -0.1) is 4.83 Å². The number of benzene rings is 1. The van der Waals surface area contributed by atoms with E-state index in [2.05, 4.69) is 9.73 Å². The van der Waals surface area contributed by atoms with Crippen LogP contribution in [-0.4, -0.2) is 62.6 Å². The summed E-state index contributed by atoms with van der Waals surface area (Å²) in [6, 6.07) is 3.56. The summed E-state index contributed by atoms with van der Waals surface area (Å²) in [6.07, 6.45) is 0. The van der Waals surface area contributed by atoms with Gasteiger partial charge < -0.3 is 15.7 Å². The van der Waals surface area contributed by atoms with E-state index < -0.39 is 16.0 Å². The molecular formula is C12H18N4O4S. The van der Waals surface area contributed by atoms with E-state index in [1.54, 1.807) is 5.01 Å². The van der Waals surface area contributed by atoms with Crippen LogP contribution < -0.4 is 10.6 Å². The van der Waals surface area contributed by atoms with Gasteiger partial charge in [-0.2, -0.15) is 0 Å². The third-order valence-electron chi connectivity index (χ3n) is 3.30. The molecule has 1 saturated heterocycles. The minimum absolute atomic E-state index is 0.0500. The summed E-state index contributed by atoms with van der Waals surface area (Å²) in [5, 5.41) is 10.5. The molecule has 116 valence electrons. The molecule has 2 rings (SSSR count). The van der Waals surface area contributed by atoms with Crippen LogP contribution in [-0.2, 0) is 10.0 Å². The highest BCUT2D eigenvalue weighted by Crippen LogP contribution is 2.20. The molecule has 1 aromatic rings. The number of nitrogen functional groups attached to an aromatic ring is 1. The Balaban J connectivity index is 2.18. The van der Waals surface area contributed by atoms with E-state index in [-0.39, 0.29) is 16.1 Å². The summed E-state index contributed by atoms with van der Waals surface area (Å²) >= 11 is 0. The van der Waals surface area contributed by atoms with Crippen molar-refractivity contribution in [2.24, 2.45) is 0 Å². The number of anilines is 1. The first kappa shape index (κ1) is 15.7. The fourth-order valence-corrected chi connectivity index (χ4v) is 3.28. The molecule has 1 fully saturated rings. The molecule has 4 N–H and O–H groups in total. The largest absolute Gasteiger partial charge is 0.478 e. The lowest BCUT2D eigenvalue weighted by atomic mass is 10.2. The maximum absolute atomic E-state index is 12.3. The number of hydrogen-bond acceptors (Lipinski definition) is 6. The first-order chi connectivity index (χ1) is 9.79. The number of nitrogens with zero attached hydrogens (tertiary/aromatic N) is 2. The molecule has 9 heteroatoms. The average molecular weight is 314 g/mol. The zero-order valence-corrected chi connectivity index (χ0v) is 12.4. The molecule has 0 aliphatic carbocycles. The van der Waals surface area contributed by atoms with Gasteiger partial charge in [-0.05, 0) is 25.2 Å². The molecule has 8 nitrogen and oxygen atoms in total. The lowest BCUT2D eigenvalue weighted by molar-refractivity contribution is 0.0697. The Morgan fingerprint density at radius 1 is 1.29 bits per heavy atom. The van der Waals surface area contributed by atoms with E-state index in [0.717, 1.165) is 19.2 Å². The topological polar surface area (TPSA) is 116 Å². The molecule has 0 aromatic heterocycles. The van der Waals surface area contributed by atoms with Crippen molar-refractivity contribution in [1.82, 2.24) is 14.7 Å². The van der Waals surface area contributed by atoms with Crippen LogP contribution in [0.2, 0.25) is 0 Å². The first-order valence-corrected chi connectivity index (χ1v) is 7.86. The third kappa shape index (κ3) is 3.70. The van der Waals surface area contributed by atoms with Gasteiger partial charge in [0.2, 0.25) is 0 Å². The lowest BCUT2D eigenvalue weighted by Crippen LogP contribution is -2.52. The van der Waals surface area contributed by atoms with Crippen LogP contribution in [0.5, 0.6) is 0 Å². The van der Waals surface area contributed by atoms with Crippen LogP contribution in [0, 0.1) is 0 Å². The molecule has 0 unspecified atom stereocenters. The fraction of sp³-hybridized carbons (Fsp3) is 0.417. The van der Waals surface area contributed by atoms with Gasteiger partial charge in [-0.25, -0.2) is 18.2 Å². The molecule has 0 amide bonds. The molecule has 1 aromatic carbocycles. The van der Waals surface area contributed by atoms with Gasteiger partial charge in [0.1, 0.15) is 4.90 Å². The number of nitrogens with one attached hydrogen (secondary N) is 1. The molecule has 0 radical (unpaired) electrons. The number of rotatable bonds is 4. The van der Waals surface area contributed by atoms with Gasteiger partial charge in [-0.1, -0.05) is 0 Å². The number of carboxylic acid groups (broad SMARTS) is 1. The molecule has 1 aliphatic heterocycles. The normalized spacial score (nSPS) is 17.8. The highest BCUT2D eigenvalue weighted by atomic mass is 32.2. The van der Waals surface area contributed by atoms with E-state index in [1.807, 2.05) is 7.05 Å². The van der Waals surface area contributed by atoms with Crippen LogP contribution in [0.15, 0.2) is 23.1 Å². The van der Waals surface area contributed by atoms with Crippen molar-refractivity contribution in [2.45, 2.75) is 4.90 Å². The van der Waals surface area contributed by atoms with E-state index in [4.69, 9.17) is 10.8 Å². The monoisotopic (exact) mass is 314 g/mol. The predicted octanol–water partition coefficient (Wildman–Crippen LogP) is -0.592. The van der Waals surface area contributed by atoms with Gasteiger partial charge in [0.15, 0.2) is 0 Å². The molecule has 21 heavy (non-hydrogen) atoms. The predicted molar refractivity (Wildman–Crippen MR) is 77.2 cm³/mol. The van der Waals surface area contributed by atoms with E-state index in [9.17, 15) is 13.2 Å². The lowest BCUT2D eigenvalue weighted by Gasteiger charge is -2.32. The second-order valence-electron chi connectivity index (χ2n) is 4.94. The van der Waals surface area contributed by atoms with Crippen molar-refractivity contribution >= 4 is 21.7 Å². The number of hydrazine groups is 1. The SMILES string of the molecule is CN1CCN(NS(=O)(=O)c2ccc(C(=O)O)cc2N)CC1. The highest BCUT2D eigenvalue weighted by molar-refractivity contribution is 7.89. The number of carbonyl (C=O) groups is 1. The van der Waals surface area contributed by atoms with E-state index in [0.29, 0.717) is 13.1 Å². The summed E-state index contributed by atoms with van der Waals surface area (Å²) in [6.45, 7) is 2.66. The van der Waals surface area contributed by atoms with Crippen LogP contribution >= 0.6 is 0 Å². The second kappa shape index (κ2) is 5.98. The van der Waals surface area contributed by atoms with Gasteiger partial charge in [0.25, 0.3) is 10.0 Å². The summed E-state index contributed by atoms with van der Waals surface area (Å²) in [4.78, 5) is 15.3. The number of aromatic carboxylic acids is 1. The maximum atomic E-state index is 12.3. The Hall–Kier alpha value is -1.68. The Morgan fingerprint density at radius 3 is 2.43 bits per heavy atom. The van der Waals surface area contributed by atoms with Crippen LogP contribution in [0.3, 0.4) is 0 Å². The third-order valence-corrected chi connectivity index (χ3v) is 4.75. The molecule has 0 atom stereocenters. The average Bonchev–Trinajstić information content (AvgIpc) is 2.40. The molecule has 0 saturated carbocycles. The highest BCUT2D eigenvalue weighted by Gasteiger charge is 2.23. The molecular weight excluding hydrogens is 296 g/mol. The second-order valence-corrected chi connectivity index (χ2v) is 6.57. The standard InChI is InChI=1S/C12H18N4O4S/c1-15-4-6-16(7-5-15)14-21(19,20)11-3-2-9(12(17)18)8-10(11)13/h2-3,8,14H,4-7,13H2,1H3,(H,17,18). The van der Waals surface area contributed by atoms with Gasteiger partial charge in [0, 0.05) is 26.2 Å². The van der Waals surface area contributed by atoms with Crippen molar-refractivity contribution in [2.75, 3.05) is 39.0 Å². The zero-order valence-electron chi connectivity index (χ0n) is 11.6. The summed E-state index contributed by atoms with van der Waals surface area (Å²) in [5.74, 6) is -1.15.